The van der Waals surface area contributed by atoms with E-state index in [-0.39, 0.29) is 6.23 Å². The minimum absolute atomic E-state index is 0.229. The second-order valence-corrected chi connectivity index (χ2v) is 7.84. The number of halogens is 2. The Hall–Kier alpha value is -2.34. The molecular weight excluding hydrogens is 413 g/mol. The lowest BCUT2D eigenvalue weighted by Gasteiger charge is -2.20. The first-order valence-electron chi connectivity index (χ1n) is 8.80. The van der Waals surface area contributed by atoms with E-state index in [2.05, 4.69) is 4.98 Å². The standard InChI is InChI=1S/C21H17Cl2N3OS/c1-2-19(26-9-8-24-13-26)27-20-16(22)10-15(11-17(20)23)18-12-28-21(25-18)14-6-4-3-5-7-14/h3-13,19H,2H2,1H3. The van der Waals surface area contributed by atoms with Crippen LogP contribution in [-0.4, -0.2) is 14.5 Å². The van der Waals surface area contributed by atoms with Gasteiger partial charge in [0.1, 0.15) is 5.01 Å². The van der Waals surface area contributed by atoms with E-state index in [4.69, 9.17) is 32.9 Å². The molecule has 0 spiro atoms. The maximum atomic E-state index is 6.51. The lowest BCUT2D eigenvalue weighted by Crippen LogP contribution is -2.13. The highest BCUT2D eigenvalue weighted by atomic mass is 35.5. The Balaban J connectivity index is 1.62. The van der Waals surface area contributed by atoms with Crippen LogP contribution in [0.25, 0.3) is 21.8 Å². The van der Waals surface area contributed by atoms with Crippen molar-refractivity contribution in [1.29, 1.82) is 0 Å². The molecule has 1 atom stereocenters. The van der Waals surface area contributed by atoms with E-state index >= 15 is 0 Å². The lowest BCUT2D eigenvalue weighted by atomic mass is 10.1. The van der Waals surface area contributed by atoms with Crippen molar-refractivity contribution in [2.24, 2.45) is 0 Å². The van der Waals surface area contributed by atoms with Gasteiger partial charge in [0.2, 0.25) is 0 Å². The van der Waals surface area contributed by atoms with Crippen LogP contribution < -0.4 is 4.74 Å². The molecule has 28 heavy (non-hydrogen) atoms. The van der Waals surface area contributed by atoms with Crippen molar-refractivity contribution in [3.05, 3.63) is 76.6 Å². The third-order valence-electron chi connectivity index (χ3n) is 4.28. The zero-order valence-electron chi connectivity index (χ0n) is 15.0. The number of hydrogen-bond acceptors (Lipinski definition) is 4. The molecule has 0 saturated heterocycles. The summed E-state index contributed by atoms with van der Waals surface area (Å²) in [4.78, 5) is 8.80. The lowest BCUT2D eigenvalue weighted by molar-refractivity contribution is 0.128. The van der Waals surface area contributed by atoms with Crippen LogP contribution in [-0.2, 0) is 0 Å². The number of hydrogen-bond donors (Lipinski definition) is 0. The third kappa shape index (κ3) is 3.92. The summed E-state index contributed by atoms with van der Waals surface area (Å²) in [6.45, 7) is 2.03. The molecule has 2 aromatic carbocycles. The number of ether oxygens (including phenoxy) is 1. The number of imidazole rings is 1. The molecule has 0 bridgehead atoms. The highest BCUT2D eigenvalue weighted by Crippen LogP contribution is 2.40. The van der Waals surface area contributed by atoms with Gasteiger partial charge < -0.3 is 9.30 Å². The normalized spacial score (nSPS) is 12.1. The van der Waals surface area contributed by atoms with Gasteiger partial charge in [-0.3, -0.25) is 0 Å². The Morgan fingerprint density at radius 1 is 1.11 bits per heavy atom. The van der Waals surface area contributed by atoms with Gasteiger partial charge in [-0.2, -0.15) is 0 Å². The molecule has 1 unspecified atom stereocenters. The summed E-state index contributed by atoms with van der Waals surface area (Å²) in [5, 5.41) is 3.87. The number of nitrogens with zero attached hydrogens (tertiary/aromatic N) is 3. The molecule has 0 aliphatic carbocycles. The van der Waals surface area contributed by atoms with Crippen molar-refractivity contribution in [1.82, 2.24) is 14.5 Å². The van der Waals surface area contributed by atoms with Crippen molar-refractivity contribution >= 4 is 34.5 Å². The average Bonchev–Trinajstić information content (AvgIpc) is 3.40. The predicted octanol–water partition coefficient (Wildman–Crippen LogP) is 6.97. The molecule has 142 valence electrons. The van der Waals surface area contributed by atoms with Crippen LogP contribution >= 0.6 is 34.5 Å². The van der Waals surface area contributed by atoms with Crippen molar-refractivity contribution in [3.8, 4) is 27.6 Å². The second kappa shape index (κ2) is 8.35. The molecule has 0 aliphatic heterocycles. The molecule has 0 aliphatic rings. The Morgan fingerprint density at radius 2 is 1.86 bits per heavy atom. The van der Waals surface area contributed by atoms with Crippen LogP contribution in [0.3, 0.4) is 0 Å². The number of benzene rings is 2. The Morgan fingerprint density at radius 3 is 2.50 bits per heavy atom. The molecule has 4 nitrogen and oxygen atoms in total. The van der Waals surface area contributed by atoms with E-state index in [0.717, 1.165) is 28.2 Å². The predicted molar refractivity (Wildman–Crippen MR) is 115 cm³/mol. The first-order chi connectivity index (χ1) is 13.7. The van der Waals surface area contributed by atoms with Crippen LogP contribution in [0, 0.1) is 0 Å². The van der Waals surface area contributed by atoms with Gasteiger partial charge in [-0.25, -0.2) is 9.97 Å². The SMILES string of the molecule is CCC(Oc1c(Cl)cc(-c2csc(-c3ccccc3)n2)cc1Cl)n1ccnc1. The Labute approximate surface area is 177 Å². The van der Waals surface area contributed by atoms with E-state index in [1.165, 1.54) is 0 Å². The third-order valence-corrected chi connectivity index (χ3v) is 5.73. The molecule has 0 saturated carbocycles. The van der Waals surface area contributed by atoms with Crippen LogP contribution in [0.1, 0.15) is 19.6 Å². The Bertz CT molecular complexity index is 1040. The molecule has 0 radical (unpaired) electrons. The van der Waals surface area contributed by atoms with E-state index < -0.39 is 0 Å². The van der Waals surface area contributed by atoms with Gasteiger partial charge in [-0.15, -0.1) is 11.3 Å². The molecule has 4 aromatic rings. The van der Waals surface area contributed by atoms with E-state index in [1.807, 2.05) is 65.5 Å². The average molecular weight is 430 g/mol. The minimum Gasteiger partial charge on any atom is -0.467 e. The first kappa shape index (κ1) is 19.0. The summed E-state index contributed by atoms with van der Waals surface area (Å²) < 4.78 is 7.96. The molecule has 0 N–H and O–H groups in total. The number of rotatable bonds is 6. The topological polar surface area (TPSA) is 39.9 Å². The smallest absolute Gasteiger partial charge is 0.176 e. The molecule has 0 fully saturated rings. The second-order valence-electron chi connectivity index (χ2n) is 6.16. The van der Waals surface area contributed by atoms with Crippen molar-refractivity contribution in [2.45, 2.75) is 19.6 Å². The maximum Gasteiger partial charge on any atom is 0.176 e. The van der Waals surface area contributed by atoms with Crippen molar-refractivity contribution < 1.29 is 4.74 Å². The van der Waals surface area contributed by atoms with Gasteiger partial charge in [0.25, 0.3) is 0 Å². The van der Waals surface area contributed by atoms with E-state index in [9.17, 15) is 0 Å². The molecule has 2 heterocycles. The first-order valence-corrected chi connectivity index (χ1v) is 10.4. The van der Waals surface area contributed by atoms with Crippen molar-refractivity contribution in [2.75, 3.05) is 0 Å². The van der Waals surface area contributed by atoms with Gasteiger partial charge in [0, 0.05) is 35.3 Å². The summed E-state index contributed by atoms with van der Waals surface area (Å²) in [7, 11) is 0. The number of thiazole rings is 1. The van der Waals surface area contributed by atoms with Crippen LogP contribution in [0.4, 0.5) is 0 Å². The molecule has 4 rings (SSSR count). The highest BCUT2D eigenvalue weighted by Gasteiger charge is 2.17. The van der Waals surface area contributed by atoms with Gasteiger partial charge in [-0.05, 0) is 12.1 Å². The van der Waals surface area contributed by atoms with Crippen LogP contribution in [0.2, 0.25) is 10.0 Å². The van der Waals surface area contributed by atoms with E-state index in [0.29, 0.717) is 15.8 Å². The van der Waals surface area contributed by atoms with Gasteiger partial charge in [0.05, 0.1) is 22.1 Å². The van der Waals surface area contributed by atoms with Gasteiger partial charge >= 0.3 is 0 Å². The van der Waals surface area contributed by atoms with Gasteiger partial charge in [0.15, 0.2) is 12.0 Å². The molecular formula is C21H17Cl2N3OS. The molecule has 7 heteroatoms. The zero-order chi connectivity index (χ0) is 19.5. The van der Waals surface area contributed by atoms with Crippen LogP contribution in [0.15, 0.2) is 66.6 Å². The molecule has 0 amide bonds. The minimum atomic E-state index is -0.229. The van der Waals surface area contributed by atoms with Crippen molar-refractivity contribution in [3.63, 3.8) is 0 Å². The highest BCUT2D eigenvalue weighted by molar-refractivity contribution is 7.13. The summed E-state index contributed by atoms with van der Waals surface area (Å²) in [5.74, 6) is 0.464. The summed E-state index contributed by atoms with van der Waals surface area (Å²) in [6, 6.07) is 13.8. The number of aromatic nitrogens is 3. The summed E-state index contributed by atoms with van der Waals surface area (Å²) in [6.07, 6.45) is 5.80. The fraction of sp³-hybridized carbons (Fsp3) is 0.143. The summed E-state index contributed by atoms with van der Waals surface area (Å²) in [5.41, 5.74) is 2.78. The quantitative estimate of drug-likeness (QED) is 0.332. The summed E-state index contributed by atoms with van der Waals surface area (Å²) >= 11 is 14.6. The fourth-order valence-electron chi connectivity index (χ4n) is 2.87. The molecule has 2 aromatic heterocycles. The van der Waals surface area contributed by atoms with Crippen LogP contribution in [0.5, 0.6) is 5.75 Å². The van der Waals surface area contributed by atoms with Gasteiger partial charge in [-0.1, -0.05) is 60.5 Å². The maximum absolute atomic E-state index is 6.51. The largest absolute Gasteiger partial charge is 0.467 e. The monoisotopic (exact) mass is 429 g/mol. The van der Waals surface area contributed by atoms with E-state index in [1.54, 1.807) is 23.9 Å². The Kier molecular flexibility index (Phi) is 5.67. The fourth-order valence-corrected chi connectivity index (χ4v) is 4.28. The zero-order valence-corrected chi connectivity index (χ0v) is 17.4.